The molecule has 1 rings (SSSR count). The lowest BCUT2D eigenvalue weighted by molar-refractivity contribution is -0.142. The normalized spacial score (nSPS) is 10.8. The zero-order valence-corrected chi connectivity index (χ0v) is 10.5. The predicted molar refractivity (Wildman–Crippen MR) is 62.4 cm³/mol. The fourth-order valence-electron chi connectivity index (χ4n) is 1.55. The smallest absolute Gasteiger partial charge is 0.311 e. The molecule has 0 fully saturated rings. The first-order valence-electron chi connectivity index (χ1n) is 5.31. The van der Waals surface area contributed by atoms with Crippen LogP contribution in [0.1, 0.15) is 30.2 Å². The topological polar surface area (TPSA) is 65.2 Å². The number of ether oxygens (including phenoxy) is 1. The average molecular weight is 279 g/mol. The van der Waals surface area contributed by atoms with Crippen LogP contribution in [0.15, 0.2) is 6.20 Å². The van der Waals surface area contributed by atoms with Gasteiger partial charge in [-0.05, 0) is 12.5 Å². The lowest BCUT2D eigenvalue weighted by Crippen LogP contribution is -2.15. The van der Waals surface area contributed by atoms with Crippen LogP contribution in [0.25, 0.3) is 0 Å². The van der Waals surface area contributed by atoms with Crippen LogP contribution >= 0.6 is 11.6 Å². The summed E-state index contributed by atoms with van der Waals surface area (Å²) < 4.78 is 30.4. The Morgan fingerprint density at radius 3 is 2.78 bits per heavy atom. The molecule has 1 aromatic heterocycles. The van der Waals surface area contributed by atoms with Gasteiger partial charge < -0.3 is 10.5 Å². The highest BCUT2D eigenvalue weighted by atomic mass is 35.5. The molecule has 100 valence electrons. The quantitative estimate of drug-likeness (QED) is 0.839. The minimum absolute atomic E-state index is 0.102. The summed E-state index contributed by atoms with van der Waals surface area (Å²) in [5, 5.41) is -0.155. The Hall–Kier alpha value is -1.27. The molecule has 0 spiro atoms. The van der Waals surface area contributed by atoms with Crippen LogP contribution in [0.2, 0.25) is 5.02 Å². The number of nitrogens with zero attached hydrogens (tertiary/aromatic N) is 1. The number of carbonyl (C=O) groups is 1. The molecule has 18 heavy (non-hydrogen) atoms. The molecule has 1 aromatic rings. The van der Waals surface area contributed by atoms with Crippen molar-refractivity contribution in [3.63, 3.8) is 0 Å². The van der Waals surface area contributed by atoms with Crippen molar-refractivity contribution in [3.05, 3.63) is 28.0 Å². The maximum atomic E-state index is 12.9. The van der Waals surface area contributed by atoms with E-state index in [9.17, 15) is 13.6 Å². The van der Waals surface area contributed by atoms with E-state index in [2.05, 4.69) is 4.98 Å². The van der Waals surface area contributed by atoms with Crippen molar-refractivity contribution in [2.75, 3.05) is 6.61 Å². The first-order chi connectivity index (χ1) is 8.51. The third-order valence-corrected chi connectivity index (χ3v) is 2.61. The van der Waals surface area contributed by atoms with Gasteiger partial charge in [-0.25, -0.2) is 8.78 Å². The summed E-state index contributed by atoms with van der Waals surface area (Å²) in [5.74, 6) is -0.540. The Labute approximate surface area is 108 Å². The number of rotatable bonds is 5. The number of nitrogens with two attached hydrogens (primary N) is 1. The maximum Gasteiger partial charge on any atom is 0.311 e. The number of alkyl halides is 2. The van der Waals surface area contributed by atoms with Crippen molar-refractivity contribution in [1.82, 2.24) is 4.98 Å². The Balaban J connectivity index is 3.13. The molecular formula is C11H13ClF2N2O2. The predicted octanol–water partition coefficient (Wildman–Crippen LogP) is 2.24. The summed E-state index contributed by atoms with van der Waals surface area (Å²) in [6.45, 7) is 1.70. The molecule has 0 amide bonds. The van der Waals surface area contributed by atoms with E-state index >= 15 is 0 Å². The van der Waals surface area contributed by atoms with Crippen molar-refractivity contribution >= 4 is 17.6 Å². The summed E-state index contributed by atoms with van der Waals surface area (Å²) in [6, 6.07) is 0. The van der Waals surface area contributed by atoms with Crippen LogP contribution in [0.3, 0.4) is 0 Å². The molecule has 0 aromatic carbocycles. The molecule has 0 unspecified atom stereocenters. The largest absolute Gasteiger partial charge is 0.466 e. The van der Waals surface area contributed by atoms with Gasteiger partial charge in [-0.2, -0.15) is 0 Å². The lowest BCUT2D eigenvalue weighted by atomic mass is 10.0. The molecule has 0 atom stereocenters. The summed E-state index contributed by atoms with van der Waals surface area (Å²) in [6.07, 6.45) is -1.87. The molecule has 0 saturated heterocycles. The maximum absolute atomic E-state index is 12.9. The second kappa shape index (κ2) is 6.61. The average Bonchev–Trinajstić information content (AvgIpc) is 2.30. The van der Waals surface area contributed by atoms with Crippen molar-refractivity contribution in [1.29, 1.82) is 0 Å². The molecule has 0 aliphatic carbocycles. The van der Waals surface area contributed by atoms with Crippen molar-refractivity contribution in [2.24, 2.45) is 5.73 Å². The van der Waals surface area contributed by atoms with E-state index in [4.69, 9.17) is 22.1 Å². The van der Waals surface area contributed by atoms with Gasteiger partial charge in [-0.1, -0.05) is 11.6 Å². The van der Waals surface area contributed by atoms with Crippen LogP contribution in [0.5, 0.6) is 0 Å². The van der Waals surface area contributed by atoms with Crippen molar-refractivity contribution in [2.45, 2.75) is 26.3 Å². The lowest BCUT2D eigenvalue weighted by Gasteiger charge is -2.13. The van der Waals surface area contributed by atoms with Gasteiger partial charge >= 0.3 is 5.97 Å². The third-order valence-electron chi connectivity index (χ3n) is 2.30. The number of aromatic nitrogens is 1. The highest BCUT2D eigenvalue weighted by Crippen LogP contribution is 2.31. The molecule has 2 N–H and O–H groups in total. The molecule has 7 heteroatoms. The van der Waals surface area contributed by atoms with E-state index in [0.717, 1.165) is 6.20 Å². The number of esters is 1. The first-order valence-corrected chi connectivity index (χ1v) is 5.69. The number of halogens is 3. The Bertz CT molecular complexity index is 441. The number of pyridine rings is 1. The molecule has 0 aliphatic heterocycles. The van der Waals surface area contributed by atoms with Gasteiger partial charge in [0.1, 0.15) is 0 Å². The van der Waals surface area contributed by atoms with Crippen LogP contribution in [-0.2, 0) is 22.5 Å². The fraction of sp³-hybridized carbons (Fsp3) is 0.455. The molecule has 4 nitrogen and oxygen atoms in total. The SMILES string of the molecule is CCOC(=O)Cc1ncc(Cl)c(C(F)F)c1CN. The van der Waals surface area contributed by atoms with E-state index in [1.165, 1.54) is 0 Å². The first kappa shape index (κ1) is 14.8. The van der Waals surface area contributed by atoms with Gasteiger partial charge in [0, 0.05) is 18.3 Å². The van der Waals surface area contributed by atoms with Crippen LogP contribution < -0.4 is 5.73 Å². The summed E-state index contributed by atoms with van der Waals surface area (Å²) >= 11 is 5.66. The number of hydrogen-bond donors (Lipinski definition) is 1. The van der Waals surface area contributed by atoms with E-state index in [1.54, 1.807) is 6.92 Å². The highest BCUT2D eigenvalue weighted by molar-refractivity contribution is 6.31. The third kappa shape index (κ3) is 3.36. The minimum atomic E-state index is -2.76. The van der Waals surface area contributed by atoms with Crippen LogP contribution in [0, 0.1) is 0 Å². The molecule has 0 bridgehead atoms. The Kier molecular flexibility index (Phi) is 5.43. The molecule has 0 saturated carbocycles. The molecule has 0 radical (unpaired) electrons. The van der Waals surface area contributed by atoms with Gasteiger partial charge in [-0.3, -0.25) is 9.78 Å². The van der Waals surface area contributed by atoms with Crippen molar-refractivity contribution < 1.29 is 18.3 Å². The van der Waals surface area contributed by atoms with Gasteiger partial charge in [0.15, 0.2) is 0 Å². The number of carbonyl (C=O) groups excluding carboxylic acids is 1. The van der Waals surface area contributed by atoms with E-state index in [0.29, 0.717) is 0 Å². The van der Waals surface area contributed by atoms with E-state index in [1.807, 2.05) is 0 Å². The Morgan fingerprint density at radius 2 is 2.28 bits per heavy atom. The zero-order valence-electron chi connectivity index (χ0n) is 9.75. The standard InChI is InChI=1S/C11H13ClF2N2O2/c1-2-18-9(17)3-8-6(4-15)10(11(13)14)7(12)5-16-8/h5,11H,2-4,15H2,1H3. The highest BCUT2D eigenvalue weighted by Gasteiger charge is 2.21. The number of hydrogen-bond acceptors (Lipinski definition) is 4. The van der Waals surface area contributed by atoms with Gasteiger partial charge in [-0.15, -0.1) is 0 Å². The summed E-state index contributed by atoms with van der Waals surface area (Å²) in [4.78, 5) is 15.2. The van der Waals surface area contributed by atoms with Gasteiger partial charge in [0.25, 0.3) is 6.43 Å². The molecular weight excluding hydrogens is 266 g/mol. The summed E-state index contributed by atoms with van der Waals surface area (Å²) in [5.41, 5.74) is 5.34. The Morgan fingerprint density at radius 1 is 1.61 bits per heavy atom. The van der Waals surface area contributed by atoms with E-state index < -0.39 is 12.4 Å². The fourth-order valence-corrected chi connectivity index (χ4v) is 1.79. The second-order valence-electron chi connectivity index (χ2n) is 3.43. The van der Waals surface area contributed by atoms with E-state index in [-0.39, 0.29) is 41.4 Å². The van der Waals surface area contributed by atoms with Crippen LogP contribution in [0.4, 0.5) is 8.78 Å². The summed E-state index contributed by atoms with van der Waals surface area (Å²) in [7, 11) is 0. The minimum Gasteiger partial charge on any atom is -0.466 e. The van der Waals surface area contributed by atoms with Gasteiger partial charge in [0.05, 0.1) is 23.7 Å². The van der Waals surface area contributed by atoms with Gasteiger partial charge in [0.2, 0.25) is 0 Å². The zero-order chi connectivity index (χ0) is 13.7. The monoisotopic (exact) mass is 278 g/mol. The molecule has 0 aliphatic rings. The van der Waals surface area contributed by atoms with Crippen LogP contribution in [-0.4, -0.2) is 17.6 Å². The van der Waals surface area contributed by atoms with Crippen molar-refractivity contribution in [3.8, 4) is 0 Å². The second-order valence-corrected chi connectivity index (χ2v) is 3.84. The molecule has 1 heterocycles.